The summed E-state index contributed by atoms with van der Waals surface area (Å²) in [4.78, 5) is 26.0. The van der Waals surface area contributed by atoms with Gasteiger partial charge in [-0.05, 0) is 30.7 Å². The Hall–Kier alpha value is -1.84. The van der Waals surface area contributed by atoms with Crippen molar-refractivity contribution < 1.29 is 14.3 Å². The summed E-state index contributed by atoms with van der Waals surface area (Å²) in [6.07, 6.45) is 3.91. The van der Waals surface area contributed by atoms with Crippen LogP contribution in [0.3, 0.4) is 0 Å². The van der Waals surface area contributed by atoms with E-state index in [0.29, 0.717) is 12.3 Å². The van der Waals surface area contributed by atoms with E-state index >= 15 is 0 Å². The molecule has 0 bridgehead atoms. The van der Waals surface area contributed by atoms with Crippen LogP contribution in [0.1, 0.15) is 71.5 Å². The van der Waals surface area contributed by atoms with Crippen LogP contribution in [-0.2, 0) is 9.53 Å². The number of carbonyl (C=O) groups excluding carboxylic acids is 2. The summed E-state index contributed by atoms with van der Waals surface area (Å²) in [6.45, 7) is 8.54. The van der Waals surface area contributed by atoms with Crippen molar-refractivity contribution in [1.29, 1.82) is 0 Å². The van der Waals surface area contributed by atoms with Crippen molar-refractivity contribution >= 4 is 12.0 Å². The number of nitrogens with zero attached hydrogens (tertiary/aromatic N) is 1. The number of benzene rings is 1. The summed E-state index contributed by atoms with van der Waals surface area (Å²) in [5.74, 6) is 1.11. The lowest BCUT2D eigenvalue weighted by atomic mass is 9.95. The minimum atomic E-state index is -0.515. The zero-order valence-corrected chi connectivity index (χ0v) is 15.9. The van der Waals surface area contributed by atoms with E-state index in [9.17, 15) is 9.59 Å². The van der Waals surface area contributed by atoms with E-state index in [1.54, 1.807) is 0 Å². The predicted molar refractivity (Wildman–Crippen MR) is 99.1 cm³/mol. The number of amides is 2. The fourth-order valence-electron chi connectivity index (χ4n) is 3.39. The third-order valence-electron chi connectivity index (χ3n) is 5.00. The molecule has 1 saturated heterocycles. The van der Waals surface area contributed by atoms with Crippen LogP contribution in [0.15, 0.2) is 30.3 Å². The molecule has 4 nitrogen and oxygen atoms in total. The second-order valence-electron chi connectivity index (χ2n) is 7.69. The van der Waals surface area contributed by atoms with Gasteiger partial charge in [0.15, 0.2) is 0 Å². The molecule has 0 unspecified atom stereocenters. The number of hydrogen-bond donors (Lipinski definition) is 0. The molecule has 1 aromatic carbocycles. The number of ether oxygens (including phenoxy) is 1. The molecule has 4 heteroatoms. The second-order valence-corrected chi connectivity index (χ2v) is 7.69. The first-order chi connectivity index (χ1) is 11.9. The van der Waals surface area contributed by atoms with Crippen LogP contribution in [0, 0.1) is 11.8 Å². The lowest BCUT2D eigenvalue weighted by molar-refractivity contribution is -0.129. The highest BCUT2D eigenvalue weighted by Gasteiger charge is 2.42. The van der Waals surface area contributed by atoms with Gasteiger partial charge in [0.1, 0.15) is 6.10 Å². The number of hydrogen-bond acceptors (Lipinski definition) is 3. The molecule has 2 amide bonds. The van der Waals surface area contributed by atoms with Gasteiger partial charge in [-0.15, -0.1) is 0 Å². The Morgan fingerprint density at radius 1 is 1.12 bits per heavy atom. The van der Waals surface area contributed by atoms with E-state index in [1.165, 1.54) is 17.7 Å². The summed E-state index contributed by atoms with van der Waals surface area (Å²) in [5, 5.41) is 0. The maximum Gasteiger partial charge on any atom is 0.417 e. The van der Waals surface area contributed by atoms with Crippen molar-refractivity contribution in [3.63, 3.8) is 0 Å². The van der Waals surface area contributed by atoms with Crippen molar-refractivity contribution in [2.24, 2.45) is 11.8 Å². The SMILES string of the molecule is CC(C)CCC[C@@H](C)CCC(=O)N1C(=O)O[C@H](c2ccccc2)[C@@H]1C. The van der Waals surface area contributed by atoms with E-state index in [-0.39, 0.29) is 18.1 Å². The summed E-state index contributed by atoms with van der Waals surface area (Å²) in [7, 11) is 0. The van der Waals surface area contributed by atoms with Crippen LogP contribution < -0.4 is 0 Å². The highest BCUT2D eigenvalue weighted by molar-refractivity contribution is 5.93. The fourth-order valence-corrected chi connectivity index (χ4v) is 3.39. The van der Waals surface area contributed by atoms with Gasteiger partial charge in [0.25, 0.3) is 0 Å². The monoisotopic (exact) mass is 345 g/mol. The third kappa shape index (κ3) is 5.32. The van der Waals surface area contributed by atoms with Crippen LogP contribution >= 0.6 is 0 Å². The van der Waals surface area contributed by atoms with Crippen molar-refractivity contribution in [3.05, 3.63) is 35.9 Å². The smallest absolute Gasteiger partial charge is 0.417 e. The molecular formula is C21H31NO3. The Morgan fingerprint density at radius 3 is 2.44 bits per heavy atom. The highest BCUT2D eigenvalue weighted by atomic mass is 16.6. The standard InChI is InChI=1S/C21H31NO3/c1-15(2)9-8-10-16(3)13-14-19(23)22-17(4)20(25-21(22)24)18-11-6-5-7-12-18/h5-7,11-12,15-17,20H,8-10,13-14H2,1-4H3/t16-,17+,20+/m1/s1. The quantitative estimate of drug-likeness (QED) is 0.639. The molecule has 1 aromatic rings. The van der Waals surface area contributed by atoms with E-state index in [4.69, 9.17) is 4.74 Å². The second kappa shape index (κ2) is 9.02. The molecule has 1 heterocycles. The molecule has 3 atom stereocenters. The maximum atomic E-state index is 12.6. The lowest BCUT2D eigenvalue weighted by Crippen LogP contribution is -2.37. The first-order valence-corrected chi connectivity index (χ1v) is 9.47. The van der Waals surface area contributed by atoms with Gasteiger partial charge >= 0.3 is 6.09 Å². The van der Waals surface area contributed by atoms with Gasteiger partial charge in [-0.3, -0.25) is 4.79 Å². The number of cyclic esters (lactones) is 1. The van der Waals surface area contributed by atoms with Gasteiger partial charge in [0, 0.05) is 6.42 Å². The Labute approximate surface area is 151 Å². The van der Waals surface area contributed by atoms with Crippen LogP contribution in [0.5, 0.6) is 0 Å². The molecule has 138 valence electrons. The summed E-state index contributed by atoms with van der Waals surface area (Å²) >= 11 is 0. The molecule has 0 N–H and O–H groups in total. The minimum absolute atomic E-state index is 0.119. The van der Waals surface area contributed by atoms with Crippen LogP contribution in [-0.4, -0.2) is 22.9 Å². The molecule has 25 heavy (non-hydrogen) atoms. The maximum absolute atomic E-state index is 12.6. The van der Waals surface area contributed by atoms with E-state index in [2.05, 4.69) is 20.8 Å². The zero-order chi connectivity index (χ0) is 18.4. The van der Waals surface area contributed by atoms with E-state index in [1.807, 2.05) is 37.3 Å². The Kier molecular flexibility index (Phi) is 7.03. The Bertz CT molecular complexity index is 570. The normalized spacial score (nSPS) is 21.5. The predicted octanol–water partition coefficient (Wildman–Crippen LogP) is 5.34. The number of imide groups is 1. The van der Waals surface area contributed by atoms with Gasteiger partial charge in [0.05, 0.1) is 6.04 Å². The topological polar surface area (TPSA) is 46.6 Å². The number of rotatable bonds is 8. The molecule has 0 spiro atoms. The average molecular weight is 345 g/mol. The van der Waals surface area contributed by atoms with Crippen molar-refractivity contribution in [1.82, 2.24) is 4.90 Å². The van der Waals surface area contributed by atoms with E-state index < -0.39 is 6.09 Å². The third-order valence-corrected chi connectivity index (χ3v) is 5.00. The van der Waals surface area contributed by atoms with Gasteiger partial charge in [-0.1, -0.05) is 70.4 Å². The van der Waals surface area contributed by atoms with Gasteiger partial charge in [-0.25, -0.2) is 9.69 Å². The summed E-state index contributed by atoms with van der Waals surface area (Å²) in [5.41, 5.74) is 0.931. The molecule has 2 rings (SSSR count). The van der Waals surface area contributed by atoms with Crippen LogP contribution in [0.4, 0.5) is 4.79 Å². The molecule has 1 aliphatic rings. The molecule has 0 aliphatic carbocycles. The molecule has 0 saturated carbocycles. The Balaban J connectivity index is 1.86. The molecular weight excluding hydrogens is 314 g/mol. The van der Waals surface area contributed by atoms with Gasteiger partial charge in [-0.2, -0.15) is 0 Å². The molecule has 1 aliphatic heterocycles. The highest BCUT2D eigenvalue weighted by Crippen LogP contribution is 2.33. The largest absolute Gasteiger partial charge is 0.439 e. The Morgan fingerprint density at radius 2 is 1.80 bits per heavy atom. The zero-order valence-electron chi connectivity index (χ0n) is 15.9. The number of carbonyl (C=O) groups is 2. The first kappa shape index (κ1) is 19.5. The lowest BCUT2D eigenvalue weighted by Gasteiger charge is -2.20. The van der Waals surface area contributed by atoms with Crippen molar-refractivity contribution in [3.8, 4) is 0 Å². The van der Waals surface area contributed by atoms with E-state index in [0.717, 1.165) is 24.3 Å². The van der Waals surface area contributed by atoms with Crippen molar-refractivity contribution in [2.45, 2.75) is 71.9 Å². The minimum Gasteiger partial charge on any atom is -0.439 e. The summed E-state index contributed by atoms with van der Waals surface area (Å²) in [6, 6.07) is 9.35. The fraction of sp³-hybridized carbons (Fsp3) is 0.619. The molecule has 0 radical (unpaired) electrons. The summed E-state index contributed by atoms with van der Waals surface area (Å²) < 4.78 is 5.46. The van der Waals surface area contributed by atoms with Crippen molar-refractivity contribution in [2.75, 3.05) is 0 Å². The van der Waals surface area contributed by atoms with Gasteiger partial charge in [0.2, 0.25) is 5.91 Å². The molecule has 0 aromatic heterocycles. The molecule has 1 fully saturated rings. The van der Waals surface area contributed by atoms with Crippen LogP contribution in [0.2, 0.25) is 0 Å². The average Bonchev–Trinajstić information content (AvgIpc) is 2.88. The first-order valence-electron chi connectivity index (χ1n) is 9.47. The van der Waals surface area contributed by atoms with Gasteiger partial charge < -0.3 is 4.74 Å². The van der Waals surface area contributed by atoms with Crippen LogP contribution in [0.25, 0.3) is 0 Å².